The highest BCUT2D eigenvalue weighted by atomic mass is 19.1. The molecule has 5 heteroatoms. The van der Waals surface area contributed by atoms with Crippen LogP contribution in [0.3, 0.4) is 0 Å². The number of anilines is 1. The lowest BCUT2D eigenvalue weighted by Gasteiger charge is -2.14. The lowest BCUT2D eigenvalue weighted by molar-refractivity contribution is -0.123. The zero-order chi connectivity index (χ0) is 16.1. The highest BCUT2D eigenvalue weighted by Gasteiger charge is 2.19. The molecule has 0 bridgehead atoms. The maximum Gasteiger partial charge on any atom is 0.339 e. The SMILES string of the molecule is Cc1ccccc1NC(=O)[C@@H](C)OC(=O)c1cccc(F)c1. The number of aryl methyl sites for hydroxylation is 1. The van der Waals surface area contributed by atoms with Gasteiger partial charge in [-0.1, -0.05) is 24.3 Å². The molecule has 1 N–H and O–H groups in total. The van der Waals surface area contributed by atoms with Gasteiger partial charge in [0.25, 0.3) is 5.91 Å². The van der Waals surface area contributed by atoms with Gasteiger partial charge in [0.05, 0.1) is 5.56 Å². The predicted octanol–water partition coefficient (Wildman–Crippen LogP) is 3.32. The lowest BCUT2D eigenvalue weighted by Crippen LogP contribution is -2.30. The summed E-state index contributed by atoms with van der Waals surface area (Å²) in [6, 6.07) is 12.4. The van der Waals surface area contributed by atoms with Crippen molar-refractivity contribution in [1.82, 2.24) is 0 Å². The van der Waals surface area contributed by atoms with Crippen molar-refractivity contribution in [3.8, 4) is 0 Å². The number of carbonyl (C=O) groups is 2. The summed E-state index contributed by atoms with van der Waals surface area (Å²) in [5, 5.41) is 2.69. The van der Waals surface area contributed by atoms with Crippen LogP contribution in [0.1, 0.15) is 22.8 Å². The Bertz CT molecular complexity index is 700. The topological polar surface area (TPSA) is 55.4 Å². The number of rotatable bonds is 4. The van der Waals surface area contributed by atoms with Crippen LogP contribution < -0.4 is 5.32 Å². The van der Waals surface area contributed by atoms with Gasteiger partial charge in [-0.2, -0.15) is 0 Å². The summed E-state index contributed by atoms with van der Waals surface area (Å²) >= 11 is 0. The first-order valence-corrected chi connectivity index (χ1v) is 6.80. The Morgan fingerprint density at radius 1 is 1.14 bits per heavy atom. The maximum atomic E-state index is 13.1. The molecule has 0 spiro atoms. The average Bonchev–Trinajstić information content (AvgIpc) is 2.49. The first-order valence-electron chi connectivity index (χ1n) is 6.80. The van der Waals surface area contributed by atoms with Crippen molar-refractivity contribution in [1.29, 1.82) is 0 Å². The average molecular weight is 301 g/mol. The Kier molecular flexibility index (Phi) is 4.88. The number of amides is 1. The molecule has 2 rings (SSSR count). The number of benzene rings is 2. The van der Waals surface area contributed by atoms with Gasteiger partial charge in [0.15, 0.2) is 6.10 Å². The number of carbonyl (C=O) groups excluding carboxylic acids is 2. The first-order chi connectivity index (χ1) is 10.5. The van der Waals surface area contributed by atoms with Crippen LogP contribution in [0.4, 0.5) is 10.1 Å². The van der Waals surface area contributed by atoms with Crippen LogP contribution in [0.2, 0.25) is 0 Å². The molecule has 4 nitrogen and oxygen atoms in total. The van der Waals surface area contributed by atoms with Gasteiger partial charge in [0.2, 0.25) is 0 Å². The van der Waals surface area contributed by atoms with Crippen LogP contribution in [-0.2, 0) is 9.53 Å². The molecule has 0 aromatic heterocycles. The normalized spacial score (nSPS) is 11.6. The zero-order valence-electron chi connectivity index (χ0n) is 12.3. The monoisotopic (exact) mass is 301 g/mol. The summed E-state index contributed by atoms with van der Waals surface area (Å²) in [6.45, 7) is 3.32. The van der Waals surface area contributed by atoms with Crippen LogP contribution >= 0.6 is 0 Å². The van der Waals surface area contributed by atoms with Crippen LogP contribution in [0.5, 0.6) is 0 Å². The van der Waals surface area contributed by atoms with Crippen molar-refractivity contribution in [2.75, 3.05) is 5.32 Å². The molecule has 0 saturated heterocycles. The number of para-hydroxylation sites is 1. The standard InChI is InChI=1S/C17H16FNO3/c1-11-6-3-4-9-15(11)19-16(20)12(2)22-17(21)13-7-5-8-14(18)10-13/h3-10,12H,1-2H3,(H,19,20)/t12-/m1/s1. The Morgan fingerprint density at radius 3 is 2.55 bits per heavy atom. The van der Waals surface area contributed by atoms with E-state index in [2.05, 4.69) is 5.32 Å². The van der Waals surface area contributed by atoms with Gasteiger partial charge in [-0.25, -0.2) is 9.18 Å². The molecule has 0 unspecified atom stereocenters. The zero-order valence-corrected chi connectivity index (χ0v) is 12.3. The van der Waals surface area contributed by atoms with Gasteiger partial charge in [-0.15, -0.1) is 0 Å². The Labute approximate surface area is 127 Å². The van der Waals surface area contributed by atoms with Gasteiger partial charge in [0, 0.05) is 5.69 Å². The van der Waals surface area contributed by atoms with E-state index in [1.54, 1.807) is 12.1 Å². The van der Waals surface area contributed by atoms with E-state index in [9.17, 15) is 14.0 Å². The minimum Gasteiger partial charge on any atom is -0.449 e. The van der Waals surface area contributed by atoms with E-state index < -0.39 is 23.8 Å². The van der Waals surface area contributed by atoms with Gasteiger partial charge >= 0.3 is 5.97 Å². The van der Waals surface area contributed by atoms with Gasteiger partial charge in [0.1, 0.15) is 5.82 Å². The third-order valence-corrected chi connectivity index (χ3v) is 3.12. The summed E-state index contributed by atoms with van der Waals surface area (Å²) in [4.78, 5) is 23.9. The molecule has 22 heavy (non-hydrogen) atoms. The third kappa shape index (κ3) is 3.91. The molecular weight excluding hydrogens is 285 g/mol. The number of ether oxygens (including phenoxy) is 1. The second kappa shape index (κ2) is 6.85. The number of hydrogen-bond donors (Lipinski definition) is 1. The summed E-state index contributed by atoms with van der Waals surface area (Å²) < 4.78 is 18.1. The predicted molar refractivity (Wildman–Crippen MR) is 81.1 cm³/mol. The van der Waals surface area contributed by atoms with Crippen LogP contribution in [0, 0.1) is 12.7 Å². The van der Waals surface area contributed by atoms with E-state index in [1.165, 1.54) is 25.1 Å². The van der Waals surface area contributed by atoms with Crippen molar-refractivity contribution < 1.29 is 18.7 Å². The largest absolute Gasteiger partial charge is 0.449 e. The molecule has 2 aromatic carbocycles. The highest BCUT2D eigenvalue weighted by molar-refractivity contribution is 5.97. The Hall–Kier alpha value is -2.69. The van der Waals surface area contributed by atoms with E-state index in [0.29, 0.717) is 5.69 Å². The Morgan fingerprint density at radius 2 is 1.86 bits per heavy atom. The van der Waals surface area contributed by atoms with Crippen LogP contribution in [0.15, 0.2) is 48.5 Å². The lowest BCUT2D eigenvalue weighted by atomic mass is 10.2. The van der Waals surface area contributed by atoms with Crippen LogP contribution in [-0.4, -0.2) is 18.0 Å². The fraction of sp³-hybridized carbons (Fsp3) is 0.176. The smallest absolute Gasteiger partial charge is 0.339 e. The number of esters is 1. The maximum absolute atomic E-state index is 13.1. The van der Waals surface area contributed by atoms with Gasteiger partial charge in [-0.3, -0.25) is 4.79 Å². The number of hydrogen-bond acceptors (Lipinski definition) is 3. The summed E-state index contributed by atoms with van der Waals surface area (Å²) in [5.74, 6) is -1.72. The van der Waals surface area contributed by atoms with E-state index >= 15 is 0 Å². The van der Waals surface area contributed by atoms with E-state index in [0.717, 1.165) is 11.6 Å². The summed E-state index contributed by atoms with van der Waals surface area (Å²) in [5.41, 5.74) is 1.62. The molecule has 114 valence electrons. The summed E-state index contributed by atoms with van der Waals surface area (Å²) in [7, 11) is 0. The second-order valence-corrected chi connectivity index (χ2v) is 4.86. The van der Waals surface area contributed by atoms with Gasteiger partial charge in [-0.05, 0) is 43.7 Å². The van der Waals surface area contributed by atoms with Crippen molar-refractivity contribution in [2.45, 2.75) is 20.0 Å². The minimum absolute atomic E-state index is 0.0653. The number of nitrogens with one attached hydrogen (secondary N) is 1. The third-order valence-electron chi connectivity index (χ3n) is 3.12. The second-order valence-electron chi connectivity index (χ2n) is 4.86. The van der Waals surface area contributed by atoms with E-state index in [4.69, 9.17) is 4.74 Å². The fourth-order valence-corrected chi connectivity index (χ4v) is 1.85. The molecule has 1 amide bonds. The highest BCUT2D eigenvalue weighted by Crippen LogP contribution is 2.14. The molecule has 0 fully saturated rings. The quantitative estimate of drug-likeness (QED) is 0.881. The van der Waals surface area contributed by atoms with Crippen molar-refractivity contribution >= 4 is 17.6 Å². The molecule has 0 aliphatic rings. The molecule has 0 aliphatic heterocycles. The van der Waals surface area contributed by atoms with Crippen molar-refractivity contribution in [2.24, 2.45) is 0 Å². The van der Waals surface area contributed by atoms with E-state index in [1.807, 2.05) is 19.1 Å². The van der Waals surface area contributed by atoms with Gasteiger partial charge < -0.3 is 10.1 Å². The minimum atomic E-state index is -0.990. The molecule has 0 saturated carbocycles. The summed E-state index contributed by atoms with van der Waals surface area (Å²) in [6.07, 6.45) is -0.990. The molecular formula is C17H16FNO3. The fourth-order valence-electron chi connectivity index (χ4n) is 1.85. The molecule has 0 radical (unpaired) electrons. The molecule has 0 heterocycles. The van der Waals surface area contributed by atoms with Crippen molar-refractivity contribution in [3.63, 3.8) is 0 Å². The molecule has 2 aromatic rings. The molecule has 1 atom stereocenters. The molecule has 0 aliphatic carbocycles. The number of halogens is 1. The van der Waals surface area contributed by atoms with Crippen molar-refractivity contribution in [3.05, 3.63) is 65.5 Å². The Balaban J connectivity index is 1.99. The van der Waals surface area contributed by atoms with E-state index in [-0.39, 0.29) is 5.56 Å². The first kappa shape index (κ1) is 15.7. The van der Waals surface area contributed by atoms with Crippen LogP contribution in [0.25, 0.3) is 0 Å².